The quantitative estimate of drug-likeness (QED) is 0.751. The molecule has 1 amide bonds. The Balaban J connectivity index is 1.62. The molecule has 5 nitrogen and oxygen atoms in total. The molecule has 16 heavy (non-hydrogen) atoms. The molecular weight excluding hydrogens is 204 g/mol. The number of hydrogen-bond donors (Lipinski definition) is 2. The Kier molecular flexibility index (Phi) is 1.89. The third kappa shape index (κ3) is 1.43. The van der Waals surface area contributed by atoms with E-state index in [1.54, 1.807) is 6.20 Å². The number of imidazole rings is 1. The summed E-state index contributed by atoms with van der Waals surface area (Å²) < 4.78 is 0. The van der Waals surface area contributed by atoms with Crippen LogP contribution in [0.15, 0.2) is 6.20 Å². The summed E-state index contributed by atoms with van der Waals surface area (Å²) in [5, 5.41) is 0. The number of carbonyl (C=O) groups is 1. The summed E-state index contributed by atoms with van der Waals surface area (Å²) in [6.45, 7) is 3.46. The Morgan fingerprint density at radius 3 is 2.81 bits per heavy atom. The maximum Gasteiger partial charge on any atom is 0.289 e. The van der Waals surface area contributed by atoms with Crippen LogP contribution in [0.3, 0.4) is 0 Å². The van der Waals surface area contributed by atoms with Crippen molar-refractivity contribution < 1.29 is 4.79 Å². The van der Waals surface area contributed by atoms with Crippen LogP contribution in [0.5, 0.6) is 0 Å². The highest BCUT2D eigenvalue weighted by atomic mass is 16.2. The number of nitrogens with zero attached hydrogens (tertiary/aromatic N) is 2. The van der Waals surface area contributed by atoms with Gasteiger partial charge in [0.1, 0.15) is 0 Å². The van der Waals surface area contributed by atoms with Gasteiger partial charge in [-0.1, -0.05) is 0 Å². The van der Waals surface area contributed by atoms with Crippen LogP contribution in [-0.2, 0) is 0 Å². The molecule has 0 unspecified atom stereocenters. The van der Waals surface area contributed by atoms with E-state index >= 15 is 0 Å². The molecule has 2 heterocycles. The van der Waals surface area contributed by atoms with Gasteiger partial charge in [-0.25, -0.2) is 4.98 Å². The summed E-state index contributed by atoms with van der Waals surface area (Å²) in [5.74, 6) is 0.930. The van der Waals surface area contributed by atoms with E-state index in [1.807, 2.05) is 11.8 Å². The van der Waals surface area contributed by atoms with Crippen molar-refractivity contribution in [1.29, 1.82) is 0 Å². The van der Waals surface area contributed by atoms with Gasteiger partial charge in [0.2, 0.25) is 0 Å². The van der Waals surface area contributed by atoms with E-state index in [0.717, 1.165) is 31.6 Å². The lowest BCUT2D eigenvalue weighted by Gasteiger charge is -2.42. The van der Waals surface area contributed by atoms with Gasteiger partial charge in [0.05, 0.1) is 0 Å². The zero-order valence-corrected chi connectivity index (χ0v) is 9.36. The zero-order valence-electron chi connectivity index (χ0n) is 9.36. The second-order valence-corrected chi connectivity index (χ2v) is 5.06. The van der Waals surface area contributed by atoms with Crippen molar-refractivity contribution >= 4 is 5.91 Å². The Labute approximate surface area is 94.0 Å². The molecule has 0 atom stereocenters. The first-order valence-electron chi connectivity index (χ1n) is 5.68. The van der Waals surface area contributed by atoms with E-state index in [2.05, 4.69) is 9.97 Å². The lowest BCUT2D eigenvalue weighted by molar-refractivity contribution is 0.0418. The van der Waals surface area contributed by atoms with Gasteiger partial charge in [-0.2, -0.15) is 0 Å². The van der Waals surface area contributed by atoms with Crippen LogP contribution in [0.4, 0.5) is 0 Å². The average molecular weight is 220 g/mol. The smallest absolute Gasteiger partial charge is 0.289 e. The highest BCUT2D eigenvalue weighted by Gasteiger charge is 2.51. The minimum atomic E-state index is -0.00593. The van der Waals surface area contributed by atoms with Crippen molar-refractivity contribution in [2.75, 3.05) is 13.1 Å². The van der Waals surface area contributed by atoms with Gasteiger partial charge in [0.15, 0.2) is 5.82 Å². The zero-order chi connectivity index (χ0) is 11.3. The van der Waals surface area contributed by atoms with Crippen molar-refractivity contribution in [2.24, 2.45) is 11.7 Å². The maximum atomic E-state index is 11.9. The monoisotopic (exact) mass is 220 g/mol. The van der Waals surface area contributed by atoms with Gasteiger partial charge in [-0.15, -0.1) is 0 Å². The van der Waals surface area contributed by atoms with Crippen molar-refractivity contribution in [3.8, 4) is 0 Å². The van der Waals surface area contributed by atoms with E-state index < -0.39 is 0 Å². The second-order valence-electron chi connectivity index (χ2n) is 5.06. The Bertz CT molecular complexity index is 429. The number of likely N-dealkylation sites (tertiary alicyclic amines) is 1. The molecule has 3 N–H and O–H groups in total. The fourth-order valence-corrected chi connectivity index (χ4v) is 2.23. The van der Waals surface area contributed by atoms with E-state index in [0.29, 0.717) is 11.7 Å². The number of amides is 1. The molecule has 5 heteroatoms. The number of nitrogens with two attached hydrogens (primary N) is 1. The van der Waals surface area contributed by atoms with Crippen LogP contribution in [-0.4, -0.2) is 39.4 Å². The summed E-state index contributed by atoms with van der Waals surface area (Å²) in [7, 11) is 0. The molecule has 1 aromatic rings. The van der Waals surface area contributed by atoms with Gasteiger partial charge < -0.3 is 15.6 Å². The van der Waals surface area contributed by atoms with Crippen LogP contribution in [0.25, 0.3) is 0 Å². The van der Waals surface area contributed by atoms with Gasteiger partial charge in [-0.05, 0) is 19.8 Å². The fourth-order valence-electron chi connectivity index (χ4n) is 2.23. The normalized spacial score (nSPS) is 23.0. The Morgan fingerprint density at radius 2 is 2.31 bits per heavy atom. The van der Waals surface area contributed by atoms with Crippen LogP contribution >= 0.6 is 0 Å². The second kappa shape index (κ2) is 3.07. The largest absolute Gasteiger partial charge is 0.338 e. The molecule has 1 saturated heterocycles. The number of H-pyrrole nitrogens is 1. The van der Waals surface area contributed by atoms with Gasteiger partial charge in [0, 0.05) is 36.4 Å². The molecule has 2 aliphatic rings. The number of aromatic nitrogens is 2. The first-order valence-corrected chi connectivity index (χ1v) is 5.68. The lowest BCUT2D eigenvalue weighted by atomic mass is 9.90. The molecule has 1 aliphatic heterocycles. The summed E-state index contributed by atoms with van der Waals surface area (Å²) in [4.78, 5) is 20.7. The van der Waals surface area contributed by atoms with Gasteiger partial charge in [-0.3, -0.25) is 4.79 Å². The molecule has 0 spiro atoms. The van der Waals surface area contributed by atoms with E-state index in [4.69, 9.17) is 5.73 Å². The molecular formula is C11H16N4O. The predicted molar refractivity (Wildman–Crippen MR) is 58.9 cm³/mol. The molecule has 2 fully saturated rings. The first kappa shape index (κ1) is 9.84. The number of aryl methyl sites for hydroxylation is 1. The molecule has 86 valence electrons. The minimum absolute atomic E-state index is 0.00593. The molecule has 0 aromatic carbocycles. The minimum Gasteiger partial charge on any atom is -0.338 e. The van der Waals surface area contributed by atoms with Crippen molar-refractivity contribution in [3.05, 3.63) is 17.7 Å². The molecule has 1 aromatic heterocycles. The van der Waals surface area contributed by atoms with Crippen molar-refractivity contribution in [3.63, 3.8) is 0 Å². The summed E-state index contributed by atoms with van der Waals surface area (Å²) in [6, 6.07) is 0. The van der Waals surface area contributed by atoms with Crippen LogP contribution in [0, 0.1) is 12.8 Å². The van der Waals surface area contributed by atoms with Crippen molar-refractivity contribution in [1.82, 2.24) is 14.9 Å². The maximum absolute atomic E-state index is 11.9. The number of hydrogen-bond acceptors (Lipinski definition) is 3. The third-order valence-electron chi connectivity index (χ3n) is 3.71. The summed E-state index contributed by atoms with van der Waals surface area (Å²) in [6.07, 6.45) is 3.90. The van der Waals surface area contributed by atoms with Crippen LogP contribution < -0.4 is 5.73 Å². The van der Waals surface area contributed by atoms with Gasteiger partial charge >= 0.3 is 0 Å². The van der Waals surface area contributed by atoms with Crippen LogP contribution in [0.1, 0.15) is 29.2 Å². The molecule has 0 radical (unpaired) electrons. The number of carbonyl (C=O) groups excluding carboxylic acids is 1. The standard InChI is InChI=1S/C11H16N4O/c1-7-4-13-9(14-7)10(16)15-5-8(6-15)11(12)2-3-11/h4,8H,2-3,5-6,12H2,1H3,(H,13,14). The fraction of sp³-hybridized carbons (Fsp3) is 0.636. The van der Waals surface area contributed by atoms with Crippen LogP contribution in [0.2, 0.25) is 0 Å². The highest BCUT2D eigenvalue weighted by molar-refractivity contribution is 5.91. The molecule has 3 rings (SSSR count). The third-order valence-corrected chi connectivity index (χ3v) is 3.71. The van der Waals surface area contributed by atoms with E-state index in [9.17, 15) is 4.79 Å². The van der Waals surface area contributed by atoms with Gasteiger partial charge in [0.25, 0.3) is 5.91 Å². The van der Waals surface area contributed by atoms with E-state index in [-0.39, 0.29) is 11.4 Å². The van der Waals surface area contributed by atoms with Crippen molar-refractivity contribution in [2.45, 2.75) is 25.3 Å². The summed E-state index contributed by atoms with van der Waals surface area (Å²) in [5.41, 5.74) is 7.05. The number of aromatic amines is 1. The topological polar surface area (TPSA) is 75.0 Å². The molecule has 1 saturated carbocycles. The summed E-state index contributed by atoms with van der Waals surface area (Å²) >= 11 is 0. The highest BCUT2D eigenvalue weighted by Crippen LogP contribution is 2.43. The lowest BCUT2D eigenvalue weighted by Crippen LogP contribution is -2.57. The molecule has 1 aliphatic carbocycles. The van der Waals surface area contributed by atoms with E-state index in [1.165, 1.54) is 0 Å². The number of nitrogens with one attached hydrogen (secondary N) is 1. The SMILES string of the molecule is Cc1cnc(C(=O)N2CC(C3(N)CC3)C2)[nH]1. The Hall–Kier alpha value is -1.36. The number of rotatable bonds is 2. The molecule has 0 bridgehead atoms. The predicted octanol–water partition coefficient (Wildman–Crippen LogP) is 0.281. The Morgan fingerprint density at radius 1 is 1.62 bits per heavy atom. The average Bonchev–Trinajstić information content (AvgIpc) is 2.74. The first-order chi connectivity index (χ1) is 7.58.